The summed E-state index contributed by atoms with van der Waals surface area (Å²) in [6, 6.07) is 9.49. The first-order valence-corrected chi connectivity index (χ1v) is 7.60. The SMILES string of the molecule is CCc1ccc(NC(C)=O)cc1NC(=O)c1ccccc1C(F)(F)F. The number of rotatable bonds is 4. The third-order valence-electron chi connectivity index (χ3n) is 3.54. The van der Waals surface area contributed by atoms with Gasteiger partial charge >= 0.3 is 6.18 Å². The maximum Gasteiger partial charge on any atom is 0.417 e. The second kappa shape index (κ2) is 7.38. The molecule has 2 aromatic carbocycles. The Balaban J connectivity index is 2.36. The van der Waals surface area contributed by atoms with Crippen LogP contribution in [0.5, 0.6) is 0 Å². The van der Waals surface area contributed by atoms with Crippen LogP contribution in [-0.4, -0.2) is 11.8 Å². The largest absolute Gasteiger partial charge is 0.417 e. The number of amides is 2. The Bertz CT molecular complexity index is 801. The highest BCUT2D eigenvalue weighted by molar-refractivity contribution is 6.06. The predicted octanol–water partition coefficient (Wildman–Crippen LogP) is 4.48. The Morgan fingerprint density at radius 3 is 2.32 bits per heavy atom. The van der Waals surface area contributed by atoms with E-state index in [9.17, 15) is 22.8 Å². The van der Waals surface area contributed by atoms with Gasteiger partial charge in [-0.3, -0.25) is 9.59 Å². The number of hydrogen-bond acceptors (Lipinski definition) is 2. The molecule has 0 heterocycles. The third-order valence-corrected chi connectivity index (χ3v) is 3.54. The number of benzene rings is 2. The summed E-state index contributed by atoms with van der Waals surface area (Å²) < 4.78 is 39.2. The van der Waals surface area contributed by atoms with Gasteiger partial charge in [-0.1, -0.05) is 25.1 Å². The molecule has 0 fully saturated rings. The van der Waals surface area contributed by atoms with Gasteiger partial charge in [0, 0.05) is 18.3 Å². The first kappa shape index (κ1) is 18.5. The highest BCUT2D eigenvalue weighted by Gasteiger charge is 2.34. The van der Waals surface area contributed by atoms with Crippen molar-refractivity contribution in [1.82, 2.24) is 0 Å². The van der Waals surface area contributed by atoms with Crippen LogP contribution in [0.15, 0.2) is 42.5 Å². The van der Waals surface area contributed by atoms with Crippen LogP contribution in [0.25, 0.3) is 0 Å². The molecule has 0 saturated heterocycles. The first-order valence-electron chi connectivity index (χ1n) is 7.60. The van der Waals surface area contributed by atoms with Gasteiger partial charge in [0.25, 0.3) is 5.91 Å². The summed E-state index contributed by atoms with van der Waals surface area (Å²) in [6.07, 6.45) is -4.06. The zero-order valence-corrected chi connectivity index (χ0v) is 13.7. The lowest BCUT2D eigenvalue weighted by molar-refractivity contribution is -0.137. The number of carbonyl (C=O) groups is 2. The number of carbonyl (C=O) groups excluding carboxylic acids is 2. The van der Waals surface area contributed by atoms with Crippen LogP contribution in [0.2, 0.25) is 0 Å². The fourth-order valence-electron chi connectivity index (χ4n) is 2.40. The molecular weight excluding hydrogens is 333 g/mol. The van der Waals surface area contributed by atoms with Crippen molar-refractivity contribution in [3.8, 4) is 0 Å². The molecular formula is C18H17F3N2O2. The molecule has 0 spiro atoms. The van der Waals surface area contributed by atoms with Crippen molar-refractivity contribution in [3.05, 3.63) is 59.2 Å². The molecule has 2 N–H and O–H groups in total. The van der Waals surface area contributed by atoms with Gasteiger partial charge in [-0.2, -0.15) is 13.2 Å². The molecule has 0 radical (unpaired) electrons. The van der Waals surface area contributed by atoms with Crippen LogP contribution in [-0.2, 0) is 17.4 Å². The minimum Gasteiger partial charge on any atom is -0.326 e. The molecule has 0 atom stereocenters. The molecule has 0 aliphatic carbocycles. The number of aryl methyl sites for hydroxylation is 1. The minimum atomic E-state index is -4.63. The van der Waals surface area contributed by atoms with Crippen molar-refractivity contribution in [2.45, 2.75) is 26.4 Å². The monoisotopic (exact) mass is 350 g/mol. The van der Waals surface area contributed by atoms with Gasteiger partial charge in [-0.15, -0.1) is 0 Å². The van der Waals surface area contributed by atoms with E-state index in [0.29, 0.717) is 17.8 Å². The summed E-state index contributed by atoms with van der Waals surface area (Å²) in [5.41, 5.74) is 0.0947. The number of halogens is 3. The molecule has 4 nitrogen and oxygen atoms in total. The van der Waals surface area contributed by atoms with Gasteiger partial charge in [0.05, 0.1) is 11.1 Å². The second-order valence-corrected chi connectivity index (χ2v) is 5.40. The van der Waals surface area contributed by atoms with Crippen LogP contribution in [0.4, 0.5) is 24.5 Å². The van der Waals surface area contributed by atoms with Gasteiger partial charge in [0.1, 0.15) is 0 Å². The molecule has 2 aromatic rings. The van der Waals surface area contributed by atoms with Crippen LogP contribution < -0.4 is 10.6 Å². The maximum absolute atomic E-state index is 13.1. The molecule has 0 bridgehead atoms. The molecule has 0 unspecified atom stereocenters. The Morgan fingerprint density at radius 1 is 1.04 bits per heavy atom. The first-order chi connectivity index (χ1) is 11.7. The average Bonchev–Trinajstić information content (AvgIpc) is 2.54. The van der Waals surface area contributed by atoms with Crippen molar-refractivity contribution < 1.29 is 22.8 Å². The van der Waals surface area contributed by atoms with E-state index in [2.05, 4.69) is 10.6 Å². The Kier molecular flexibility index (Phi) is 5.46. The Labute approximate surface area is 143 Å². The summed E-state index contributed by atoms with van der Waals surface area (Å²) in [7, 11) is 0. The van der Waals surface area contributed by atoms with Crippen LogP contribution in [0, 0.1) is 0 Å². The second-order valence-electron chi connectivity index (χ2n) is 5.40. The Morgan fingerprint density at radius 2 is 1.72 bits per heavy atom. The van der Waals surface area contributed by atoms with Crippen molar-refractivity contribution >= 4 is 23.2 Å². The van der Waals surface area contributed by atoms with E-state index in [1.54, 1.807) is 12.1 Å². The van der Waals surface area contributed by atoms with Gasteiger partial charge < -0.3 is 10.6 Å². The fourth-order valence-corrected chi connectivity index (χ4v) is 2.40. The summed E-state index contributed by atoms with van der Waals surface area (Å²) in [5, 5.41) is 5.09. The van der Waals surface area contributed by atoms with E-state index >= 15 is 0 Å². The van der Waals surface area contributed by atoms with E-state index in [0.717, 1.165) is 17.7 Å². The predicted molar refractivity (Wildman–Crippen MR) is 89.5 cm³/mol. The summed E-state index contributed by atoms with van der Waals surface area (Å²) >= 11 is 0. The molecule has 0 saturated carbocycles. The lowest BCUT2D eigenvalue weighted by Gasteiger charge is -2.15. The summed E-state index contributed by atoms with van der Waals surface area (Å²) in [6.45, 7) is 3.19. The van der Waals surface area contributed by atoms with Crippen molar-refractivity contribution in [2.75, 3.05) is 10.6 Å². The standard InChI is InChI=1S/C18H17F3N2O2/c1-3-12-8-9-13(22-11(2)24)10-16(12)23-17(25)14-6-4-5-7-15(14)18(19,20)21/h4-10H,3H2,1-2H3,(H,22,24)(H,23,25). The molecule has 0 aliphatic heterocycles. The zero-order chi connectivity index (χ0) is 18.6. The average molecular weight is 350 g/mol. The molecule has 2 amide bonds. The van der Waals surface area contributed by atoms with E-state index < -0.39 is 23.2 Å². The van der Waals surface area contributed by atoms with Gasteiger partial charge in [-0.05, 0) is 36.2 Å². The molecule has 2 rings (SSSR count). The maximum atomic E-state index is 13.1. The van der Waals surface area contributed by atoms with Crippen LogP contribution in [0.1, 0.15) is 35.3 Å². The molecule has 132 valence electrons. The molecule has 7 heteroatoms. The molecule has 25 heavy (non-hydrogen) atoms. The summed E-state index contributed by atoms with van der Waals surface area (Å²) in [4.78, 5) is 23.5. The minimum absolute atomic E-state index is 0.288. The van der Waals surface area contributed by atoms with Crippen molar-refractivity contribution in [2.24, 2.45) is 0 Å². The smallest absolute Gasteiger partial charge is 0.326 e. The van der Waals surface area contributed by atoms with Crippen molar-refractivity contribution in [3.63, 3.8) is 0 Å². The fraction of sp³-hybridized carbons (Fsp3) is 0.222. The highest BCUT2D eigenvalue weighted by atomic mass is 19.4. The lowest BCUT2D eigenvalue weighted by Crippen LogP contribution is -2.19. The topological polar surface area (TPSA) is 58.2 Å². The van der Waals surface area contributed by atoms with E-state index in [1.165, 1.54) is 25.1 Å². The number of anilines is 2. The highest BCUT2D eigenvalue weighted by Crippen LogP contribution is 2.32. The van der Waals surface area contributed by atoms with E-state index in [4.69, 9.17) is 0 Å². The summed E-state index contributed by atoms with van der Waals surface area (Å²) in [5.74, 6) is -1.15. The quantitative estimate of drug-likeness (QED) is 0.854. The van der Waals surface area contributed by atoms with Gasteiger partial charge in [0.15, 0.2) is 0 Å². The third kappa shape index (κ3) is 4.59. The van der Waals surface area contributed by atoms with Gasteiger partial charge in [0.2, 0.25) is 5.91 Å². The number of hydrogen-bond donors (Lipinski definition) is 2. The lowest BCUT2D eigenvalue weighted by atomic mass is 10.1. The molecule has 0 aliphatic rings. The number of alkyl halides is 3. The zero-order valence-electron chi connectivity index (χ0n) is 13.7. The van der Waals surface area contributed by atoms with Crippen molar-refractivity contribution in [1.29, 1.82) is 0 Å². The Hall–Kier alpha value is -2.83. The molecule has 0 aromatic heterocycles. The van der Waals surface area contributed by atoms with Gasteiger partial charge in [-0.25, -0.2) is 0 Å². The van der Waals surface area contributed by atoms with E-state index in [-0.39, 0.29) is 5.91 Å². The number of nitrogens with one attached hydrogen (secondary N) is 2. The van der Waals surface area contributed by atoms with Crippen LogP contribution in [0.3, 0.4) is 0 Å². The van der Waals surface area contributed by atoms with E-state index in [1.807, 2.05) is 6.92 Å². The normalized spacial score (nSPS) is 11.1. The van der Waals surface area contributed by atoms with Crippen LogP contribution >= 0.6 is 0 Å².